The average molecular weight is 502 g/mol. The van der Waals surface area contributed by atoms with Gasteiger partial charge in [0.25, 0.3) is 11.8 Å². The fraction of sp³-hybridized carbons (Fsp3) is 0.481. The number of nitrogens with two attached hydrogens (primary N) is 1. The number of hydrogen-bond acceptors (Lipinski definition) is 5. The summed E-state index contributed by atoms with van der Waals surface area (Å²) >= 11 is 0. The molecule has 0 radical (unpaired) electrons. The lowest BCUT2D eigenvalue weighted by Gasteiger charge is -2.40. The summed E-state index contributed by atoms with van der Waals surface area (Å²) in [6.45, 7) is -1.28. The van der Waals surface area contributed by atoms with Gasteiger partial charge in [0.15, 0.2) is 6.10 Å². The number of rotatable bonds is 10. The van der Waals surface area contributed by atoms with Gasteiger partial charge in [0.05, 0.1) is 13.2 Å². The first-order chi connectivity index (χ1) is 17.2. The summed E-state index contributed by atoms with van der Waals surface area (Å²) in [6.07, 6.45) is 1.95. The summed E-state index contributed by atoms with van der Waals surface area (Å²) in [5.74, 6) is -4.39. The first-order valence-corrected chi connectivity index (χ1v) is 12.4. The zero-order valence-corrected chi connectivity index (χ0v) is 20.1. The molecule has 2 fully saturated rings. The summed E-state index contributed by atoms with van der Waals surface area (Å²) in [7, 11) is 0. The van der Waals surface area contributed by atoms with E-state index in [0.29, 0.717) is 12.1 Å². The van der Waals surface area contributed by atoms with E-state index in [4.69, 9.17) is 5.73 Å². The van der Waals surface area contributed by atoms with Gasteiger partial charge in [-0.2, -0.15) is 8.78 Å². The number of primary amides is 1. The van der Waals surface area contributed by atoms with Crippen LogP contribution in [0.5, 0.6) is 0 Å². The monoisotopic (exact) mass is 501 g/mol. The van der Waals surface area contributed by atoms with Gasteiger partial charge in [0.2, 0.25) is 5.91 Å². The van der Waals surface area contributed by atoms with E-state index in [1.54, 1.807) is 12.1 Å². The minimum absolute atomic E-state index is 0.0210. The van der Waals surface area contributed by atoms with E-state index in [-0.39, 0.29) is 30.1 Å². The quantitative estimate of drug-likeness (QED) is 0.464. The van der Waals surface area contributed by atoms with Gasteiger partial charge in [0, 0.05) is 36.3 Å². The molecule has 2 amide bonds. The zero-order chi connectivity index (χ0) is 25.9. The summed E-state index contributed by atoms with van der Waals surface area (Å²) in [4.78, 5) is 27.5. The lowest BCUT2D eigenvalue weighted by molar-refractivity contribution is -0.148. The van der Waals surface area contributed by atoms with Gasteiger partial charge in [-0.25, -0.2) is 0 Å². The average Bonchev–Trinajstić information content (AvgIpc) is 3.12. The van der Waals surface area contributed by atoms with Crippen LogP contribution < -0.4 is 5.73 Å². The second-order valence-corrected chi connectivity index (χ2v) is 9.81. The Morgan fingerprint density at radius 3 is 2.36 bits per heavy atom. The molecule has 2 saturated heterocycles. The van der Waals surface area contributed by atoms with Gasteiger partial charge in [-0.15, -0.1) is 0 Å². The Hall–Kier alpha value is -2.88. The molecule has 0 spiro atoms. The highest BCUT2D eigenvalue weighted by Crippen LogP contribution is 2.43. The van der Waals surface area contributed by atoms with Crippen molar-refractivity contribution in [3.8, 4) is 0 Å². The molecule has 0 aliphatic carbocycles. The van der Waals surface area contributed by atoms with Crippen molar-refractivity contribution in [1.29, 1.82) is 0 Å². The van der Waals surface area contributed by atoms with E-state index in [9.17, 15) is 19.8 Å². The van der Waals surface area contributed by atoms with Crippen LogP contribution in [-0.2, 0) is 10.7 Å². The Morgan fingerprint density at radius 1 is 1.08 bits per heavy atom. The SMILES string of the molecule is NC(=O)c1cccc(C2C[C@H]3CC[C@@H](C2)N3CCN(CC(F)(F)c2ccccc2)C(=O)[C@@H](O)CO)c1. The van der Waals surface area contributed by atoms with E-state index in [1.807, 2.05) is 18.2 Å². The van der Waals surface area contributed by atoms with Crippen LogP contribution in [-0.4, -0.2) is 76.3 Å². The number of halogens is 2. The van der Waals surface area contributed by atoms with E-state index in [0.717, 1.165) is 36.1 Å². The van der Waals surface area contributed by atoms with Gasteiger partial charge in [-0.1, -0.05) is 42.5 Å². The molecule has 0 aromatic heterocycles. The number of hydrogen-bond donors (Lipinski definition) is 3. The number of piperidine rings is 1. The summed E-state index contributed by atoms with van der Waals surface area (Å²) < 4.78 is 30.0. The molecule has 194 valence electrons. The number of aliphatic hydroxyl groups excluding tert-OH is 2. The van der Waals surface area contributed by atoms with Crippen LogP contribution in [0.4, 0.5) is 8.78 Å². The largest absolute Gasteiger partial charge is 0.393 e. The smallest absolute Gasteiger partial charge is 0.290 e. The van der Waals surface area contributed by atoms with Crippen LogP contribution in [0.25, 0.3) is 0 Å². The molecule has 7 nitrogen and oxygen atoms in total. The van der Waals surface area contributed by atoms with Crippen LogP contribution in [0.15, 0.2) is 54.6 Å². The lowest BCUT2D eigenvalue weighted by Crippen LogP contribution is -2.51. The van der Waals surface area contributed by atoms with E-state index in [2.05, 4.69) is 4.90 Å². The maximum absolute atomic E-state index is 15.0. The normalized spacial score (nSPS) is 22.8. The molecule has 4 N–H and O–H groups in total. The fourth-order valence-corrected chi connectivity index (χ4v) is 5.66. The van der Waals surface area contributed by atoms with E-state index < -0.39 is 37.0 Å². The lowest BCUT2D eigenvalue weighted by atomic mass is 9.84. The van der Waals surface area contributed by atoms with Crippen LogP contribution in [0.2, 0.25) is 0 Å². The van der Waals surface area contributed by atoms with Crippen molar-refractivity contribution in [3.05, 3.63) is 71.3 Å². The van der Waals surface area contributed by atoms with Crippen molar-refractivity contribution in [2.75, 3.05) is 26.2 Å². The van der Waals surface area contributed by atoms with Gasteiger partial charge in [0.1, 0.15) is 0 Å². The van der Waals surface area contributed by atoms with Crippen molar-refractivity contribution in [1.82, 2.24) is 9.80 Å². The molecule has 4 rings (SSSR count). The van der Waals surface area contributed by atoms with Crippen molar-refractivity contribution in [3.63, 3.8) is 0 Å². The number of aliphatic hydroxyl groups is 2. The Morgan fingerprint density at radius 2 is 1.75 bits per heavy atom. The number of carbonyl (C=O) groups is 2. The third kappa shape index (κ3) is 5.74. The topological polar surface area (TPSA) is 107 Å². The minimum Gasteiger partial charge on any atom is -0.393 e. The molecule has 9 heteroatoms. The Labute approximate surface area is 209 Å². The van der Waals surface area contributed by atoms with Gasteiger partial charge < -0.3 is 20.8 Å². The first kappa shape index (κ1) is 26.2. The highest BCUT2D eigenvalue weighted by Gasteiger charge is 2.42. The molecule has 4 atom stereocenters. The zero-order valence-electron chi connectivity index (χ0n) is 20.1. The summed E-state index contributed by atoms with van der Waals surface area (Å²) in [5, 5.41) is 19.2. The summed E-state index contributed by atoms with van der Waals surface area (Å²) in [6, 6.07) is 15.2. The Bertz CT molecular complexity index is 1050. The molecule has 0 saturated carbocycles. The molecule has 36 heavy (non-hydrogen) atoms. The molecular formula is C27H33F2N3O4. The predicted molar refractivity (Wildman–Crippen MR) is 130 cm³/mol. The number of alkyl halides is 2. The maximum Gasteiger partial charge on any atom is 0.290 e. The van der Waals surface area contributed by atoms with Gasteiger partial charge in [-0.3, -0.25) is 14.5 Å². The fourth-order valence-electron chi connectivity index (χ4n) is 5.66. The molecular weight excluding hydrogens is 468 g/mol. The Kier molecular flexibility index (Phi) is 8.02. The molecule has 2 bridgehead atoms. The number of amides is 2. The standard InChI is InChI=1S/C27H33F2N3O4/c28-27(29,21-7-2-1-3-8-21)17-31(26(36)24(34)16-33)11-12-32-22-9-10-23(32)15-20(14-22)18-5-4-6-19(13-18)25(30)35/h1-8,13,20,22-24,33-34H,9-12,14-17H2,(H2,30,35)/t20?,22-,23+,24-/m0/s1. The van der Waals surface area contributed by atoms with Crippen molar-refractivity contribution >= 4 is 11.8 Å². The molecule has 2 heterocycles. The second-order valence-electron chi connectivity index (χ2n) is 9.81. The predicted octanol–water partition coefficient (Wildman–Crippen LogP) is 2.47. The van der Waals surface area contributed by atoms with E-state index in [1.165, 1.54) is 24.3 Å². The van der Waals surface area contributed by atoms with Gasteiger partial charge in [-0.05, 0) is 49.3 Å². The van der Waals surface area contributed by atoms with Crippen LogP contribution in [0.1, 0.15) is 53.1 Å². The molecule has 2 aromatic carbocycles. The van der Waals surface area contributed by atoms with Crippen molar-refractivity contribution in [2.45, 2.75) is 55.7 Å². The molecule has 1 unspecified atom stereocenters. The van der Waals surface area contributed by atoms with Crippen LogP contribution in [0, 0.1) is 0 Å². The van der Waals surface area contributed by atoms with Crippen molar-refractivity contribution < 1.29 is 28.6 Å². The third-order valence-electron chi connectivity index (χ3n) is 7.51. The third-order valence-corrected chi connectivity index (χ3v) is 7.51. The minimum atomic E-state index is -3.30. The first-order valence-electron chi connectivity index (χ1n) is 12.4. The van der Waals surface area contributed by atoms with E-state index >= 15 is 8.78 Å². The maximum atomic E-state index is 15.0. The summed E-state index contributed by atoms with van der Waals surface area (Å²) in [5.41, 5.74) is 6.79. The highest BCUT2D eigenvalue weighted by atomic mass is 19.3. The molecule has 2 aliphatic heterocycles. The molecule has 2 aromatic rings. The van der Waals surface area contributed by atoms with Gasteiger partial charge >= 0.3 is 0 Å². The second kappa shape index (κ2) is 11.0. The number of benzene rings is 2. The van der Waals surface area contributed by atoms with Crippen LogP contribution in [0.3, 0.4) is 0 Å². The number of fused-ring (bicyclic) bond motifs is 2. The number of nitrogens with zero attached hydrogens (tertiary/aromatic N) is 2. The number of carbonyl (C=O) groups excluding carboxylic acids is 2. The molecule has 2 aliphatic rings. The van der Waals surface area contributed by atoms with Crippen molar-refractivity contribution in [2.24, 2.45) is 5.73 Å². The Balaban J connectivity index is 1.44. The highest BCUT2D eigenvalue weighted by molar-refractivity contribution is 5.92. The van der Waals surface area contributed by atoms with Crippen LogP contribution >= 0.6 is 0 Å².